The number of methoxy groups -OCH3 is 1. The number of hydrogen-bond acceptors (Lipinski definition) is 4. The summed E-state index contributed by atoms with van der Waals surface area (Å²) in [5.74, 6) is 0.189. The van der Waals surface area contributed by atoms with Gasteiger partial charge < -0.3 is 19.9 Å². The van der Waals surface area contributed by atoms with Crippen LogP contribution in [0.15, 0.2) is 54.6 Å². The molecule has 0 saturated heterocycles. The summed E-state index contributed by atoms with van der Waals surface area (Å²) in [7, 11) is 1.57. The molecule has 30 heavy (non-hydrogen) atoms. The summed E-state index contributed by atoms with van der Waals surface area (Å²) >= 11 is 12.4. The molecule has 0 aliphatic carbocycles. The minimum atomic E-state index is -0.958. The maximum atomic E-state index is 11.2. The molecule has 3 aromatic rings. The zero-order valence-electron chi connectivity index (χ0n) is 16.5. The first-order valence-electron chi connectivity index (χ1n) is 9.19. The van der Waals surface area contributed by atoms with E-state index in [1.807, 2.05) is 25.1 Å². The lowest BCUT2D eigenvalue weighted by molar-refractivity contribution is 0.0697. The topological polar surface area (TPSA) is 67.8 Å². The van der Waals surface area contributed by atoms with Crippen LogP contribution in [-0.4, -0.2) is 18.2 Å². The molecule has 0 fully saturated rings. The van der Waals surface area contributed by atoms with Crippen molar-refractivity contribution in [3.63, 3.8) is 0 Å². The Labute approximate surface area is 185 Å². The number of benzene rings is 3. The van der Waals surface area contributed by atoms with Gasteiger partial charge in [-0.3, -0.25) is 0 Å². The van der Waals surface area contributed by atoms with Crippen LogP contribution in [0.2, 0.25) is 10.0 Å². The minimum Gasteiger partial charge on any atom is -0.493 e. The Hall–Kier alpha value is -2.89. The van der Waals surface area contributed by atoms with Gasteiger partial charge in [-0.2, -0.15) is 0 Å². The van der Waals surface area contributed by atoms with E-state index in [1.54, 1.807) is 43.5 Å². The van der Waals surface area contributed by atoms with E-state index >= 15 is 0 Å². The molecule has 0 heterocycles. The van der Waals surface area contributed by atoms with E-state index in [0.717, 1.165) is 16.8 Å². The van der Waals surface area contributed by atoms with Gasteiger partial charge in [0.2, 0.25) is 0 Å². The fraction of sp³-hybridized carbons (Fsp3) is 0.174. The molecule has 156 valence electrons. The third-order valence-corrected chi connectivity index (χ3v) is 5.34. The molecule has 0 saturated carbocycles. The molecule has 3 aromatic carbocycles. The number of anilines is 1. The van der Waals surface area contributed by atoms with Crippen LogP contribution >= 0.6 is 23.2 Å². The molecule has 0 aliphatic heterocycles. The number of halogens is 2. The summed E-state index contributed by atoms with van der Waals surface area (Å²) in [6.45, 7) is 2.63. The molecule has 0 aliphatic rings. The second kappa shape index (κ2) is 9.74. The lowest BCUT2D eigenvalue weighted by atomic mass is 10.1. The third kappa shape index (κ3) is 5.17. The number of carboxylic acid groups (broad SMARTS) is 1. The predicted molar refractivity (Wildman–Crippen MR) is 119 cm³/mol. The van der Waals surface area contributed by atoms with Crippen molar-refractivity contribution in [3.05, 3.63) is 86.9 Å². The van der Waals surface area contributed by atoms with Gasteiger partial charge in [-0.15, -0.1) is 0 Å². The highest BCUT2D eigenvalue weighted by molar-refractivity contribution is 6.35. The van der Waals surface area contributed by atoms with Crippen LogP contribution in [0.3, 0.4) is 0 Å². The molecule has 0 unspecified atom stereocenters. The van der Waals surface area contributed by atoms with Crippen LogP contribution in [0.5, 0.6) is 11.5 Å². The number of rotatable bonds is 8. The lowest BCUT2D eigenvalue weighted by Gasteiger charge is -2.15. The largest absolute Gasteiger partial charge is 0.493 e. The summed E-state index contributed by atoms with van der Waals surface area (Å²) in [6, 6.07) is 15.9. The monoisotopic (exact) mass is 445 g/mol. The van der Waals surface area contributed by atoms with Gasteiger partial charge in [-0.1, -0.05) is 41.4 Å². The number of hydrogen-bond donors (Lipinski definition) is 2. The number of carboxylic acids is 1. The second-order valence-corrected chi connectivity index (χ2v) is 7.48. The Balaban J connectivity index is 1.71. The van der Waals surface area contributed by atoms with Gasteiger partial charge >= 0.3 is 5.97 Å². The van der Waals surface area contributed by atoms with E-state index in [4.69, 9.17) is 32.7 Å². The maximum absolute atomic E-state index is 11.2. The first-order valence-corrected chi connectivity index (χ1v) is 9.95. The molecule has 0 atom stereocenters. The van der Waals surface area contributed by atoms with Crippen LogP contribution in [0.4, 0.5) is 5.69 Å². The molecule has 0 bridgehead atoms. The molecule has 5 nitrogen and oxygen atoms in total. The van der Waals surface area contributed by atoms with E-state index < -0.39 is 5.97 Å². The molecule has 0 radical (unpaired) electrons. The molecule has 2 N–H and O–H groups in total. The highest BCUT2D eigenvalue weighted by Gasteiger charge is 2.11. The van der Waals surface area contributed by atoms with Crippen LogP contribution in [0, 0.1) is 6.92 Å². The average Bonchev–Trinajstić information content (AvgIpc) is 2.73. The summed E-state index contributed by atoms with van der Waals surface area (Å²) in [5, 5.41) is 13.5. The number of aromatic carboxylic acids is 1. The molecule has 3 rings (SSSR count). The molecular formula is C23H21Cl2NO4. The molecular weight excluding hydrogens is 425 g/mol. The van der Waals surface area contributed by atoms with Crippen molar-refractivity contribution in [1.29, 1.82) is 0 Å². The van der Waals surface area contributed by atoms with E-state index in [-0.39, 0.29) is 12.2 Å². The Kier molecular flexibility index (Phi) is 7.08. The normalized spacial score (nSPS) is 10.5. The Morgan fingerprint density at radius 3 is 2.43 bits per heavy atom. The SMILES string of the molecule is COc1cc(CNc2cc(C(=O)O)ccc2C)ccc1OCc1c(Cl)cccc1Cl. The summed E-state index contributed by atoms with van der Waals surface area (Å²) < 4.78 is 11.3. The standard InChI is InChI=1S/C23H21Cl2NO4/c1-14-6-8-16(23(27)28)11-20(14)26-12-15-7-9-21(22(10-15)29-2)30-13-17-18(24)4-3-5-19(17)25/h3-11,26H,12-13H2,1-2H3,(H,27,28). The number of carbonyl (C=O) groups is 1. The van der Waals surface area contributed by atoms with Crippen LogP contribution in [-0.2, 0) is 13.2 Å². The van der Waals surface area contributed by atoms with E-state index in [9.17, 15) is 9.90 Å². The first-order chi connectivity index (χ1) is 14.4. The zero-order valence-corrected chi connectivity index (χ0v) is 18.1. The lowest BCUT2D eigenvalue weighted by Crippen LogP contribution is -2.05. The number of aryl methyl sites for hydroxylation is 1. The van der Waals surface area contributed by atoms with Crippen molar-refractivity contribution in [1.82, 2.24) is 0 Å². The number of nitrogens with one attached hydrogen (secondary N) is 1. The minimum absolute atomic E-state index is 0.216. The average molecular weight is 446 g/mol. The summed E-state index contributed by atoms with van der Waals surface area (Å²) in [4.78, 5) is 11.2. The summed E-state index contributed by atoms with van der Waals surface area (Å²) in [6.07, 6.45) is 0. The van der Waals surface area contributed by atoms with Crippen LogP contribution in [0.25, 0.3) is 0 Å². The van der Waals surface area contributed by atoms with Crippen molar-refractivity contribution in [2.75, 3.05) is 12.4 Å². The van der Waals surface area contributed by atoms with Crippen molar-refractivity contribution in [2.24, 2.45) is 0 Å². The quantitative estimate of drug-likeness (QED) is 0.431. The second-order valence-electron chi connectivity index (χ2n) is 6.66. The fourth-order valence-corrected chi connectivity index (χ4v) is 3.41. The van der Waals surface area contributed by atoms with Gasteiger partial charge in [-0.05, 0) is 54.4 Å². The van der Waals surface area contributed by atoms with Gasteiger partial charge in [-0.25, -0.2) is 4.79 Å². The van der Waals surface area contributed by atoms with Crippen molar-refractivity contribution >= 4 is 34.9 Å². The van der Waals surface area contributed by atoms with E-state index in [0.29, 0.717) is 33.7 Å². The maximum Gasteiger partial charge on any atom is 0.335 e. The van der Waals surface area contributed by atoms with E-state index in [1.165, 1.54) is 0 Å². The van der Waals surface area contributed by atoms with Crippen LogP contribution < -0.4 is 14.8 Å². The first kappa shape index (κ1) is 21.8. The van der Waals surface area contributed by atoms with E-state index in [2.05, 4.69) is 5.32 Å². The molecule has 7 heteroatoms. The smallest absolute Gasteiger partial charge is 0.335 e. The molecule has 0 aromatic heterocycles. The van der Waals surface area contributed by atoms with Gasteiger partial charge in [0.1, 0.15) is 6.61 Å². The highest BCUT2D eigenvalue weighted by Crippen LogP contribution is 2.31. The zero-order chi connectivity index (χ0) is 21.7. The Morgan fingerprint density at radius 1 is 1.03 bits per heavy atom. The van der Waals surface area contributed by atoms with Crippen molar-refractivity contribution in [2.45, 2.75) is 20.1 Å². The Bertz CT molecular complexity index is 1050. The molecule has 0 amide bonds. The van der Waals surface area contributed by atoms with Gasteiger partial charge in [0, 0.05) is 27.8 Å². The molecule has 0 spiro atoms. The predicted octanol–water partition coefficient (Wildman–Crippen LogP) is 6.20. The van der Waals surface area contributed by atoms with Gasteiger partial charge in [0.25, 0.3) is 0 Å². The third-order valence-electron chi connectivity index (χ3n) is 4.63. The highest BCUT2D eigenvalue weighted by atomic mass is 35.5. The van der Waals surface area contributed by atoms with Crippen molar-refractivity contribution in [3.8, 4) is 11.5 Å². The van der Waals surface area contributed by atoms with Crippen molar-refractivity contribution < 1.29 is 19.4 Å². The number of ether oxygens (including phenoxy) is 2. The van der Waals surface area contributed by atoms with Crippen LogP contribution in [0.1, 0.15) is 27.0 Å². The van der Waals surface area contributed by atoms with Gasteiger partial charge in [0.05, 0.1) is 12.7 Å². The summed E-state index contributed by atoms with van der Waals surface area (Å²) in [5.41, 5.74) is 3.63. The fourth-order valence-electron chi connectivity index (χ4n) is 2.90. The van der Waals surface area contributed by atoms with Gasteiger partial charge in [0.15, 0.2) is 11.5 Å². The Morgan fingerprint density at radius 2 is 1.77 bits per heavy atom.